The summed E-state index contributed by atoms with van der Waals surface area (Å²) in [6.45, 7) is 1.90. The van der Waals surface area contributed by atoms with Crippen molar-refractivity contribution in [3.05, 3.63) is 33.3 Å². The van der Waals surface area contributed by atoms with E-state index < -0.39 is 5.60 Å². The normalized spacial score (nSPS) is 14.1. The first-order valence-corrected chi connectivity index (χ1v) is 7.87. The van der Waals surface area contributed by atoms with Crippen LogP contribution < -0.4 is 5.32 Å². The molecule has 1 atom stereocenters. The highest BCUT2D eigenvalue weighted by atomic mass is 79.9. The molecular weight excluding hydrogens is 338 g/mol. The molecule has 3 nitrogen and oxygen atoms in total. The largest absolute Gasteiger partial charge is 0.387 e. The topological polar surface area (TPSA) is 49.3 Å². The monoisotopic (exact) mass is 351 g/mol. The zero-order chi connectivity index (χ0) is 13.8. The van der Waals surface area contributed by atoms with Crippen LogP contribution >= 0.6 is 39.3 Å². The first-order valence-electron chi connectivity index (χ1n) is 5.30. The molecule has 0 aliphatic heterocycles. The summed E-state index contributed by atoms with van der Waals surface area (Å²) in [6.07, 6.45) is 1.91. The lowest BCUT2D eigenvalue weighted by Gasteiger charge is -2.22. The number of nitrogens with one attached hydrogen (secondary N) is 1. The van der Waals surface area contributed by atoms with Crippen molar-refractivity contribution in [3.8, 4) is 0 Å². The lowest BCUT2D eigenvalue weighted by Crippen LogP contribution is -2.42. The van der Waals surface area contributed by atoms with E-state index in [2.05, 4.69) is 21.2 Å². The second kappa shape index (κ2) is 6.80. The number of benzene rings is 1. The number of carbonyl (C=O) groups excluding carboxylic acids is 1. The summed E-state index contributed by atoms with van der Waals surface area (Å²) >= 11 is 10.7. The van der Waals surface area contributed by atoms with Crippen LogP contribution in [0.1, 0.15) is 17.3 Å². The molecule has 1 rings (SSSR count). The summed E-state index contributed by atoms with van der Waals surface area (Å²) in [6, 6.07) is 4.98. The van der Waals surface area contributed by atoms with E-state index >= 15 is 0 Å². The minimum atomic E-state index is -0.908. The molecule has 1 amide bonds. The second-order valence-corrected chi connectivity index (χ2v) is 6.37. The van der Waals surface area contributed by atoms with E-state index in [1.165, 1.54) is 11.8 Å². The number of thioether (sulfide) groups is 1. The Morgan fingerprint density at radius 3 is 2.83 bits per heavy atom. The average Bonchev–Trinajstić information content (AvgIpc) is 2.30. The Morgan fingerprint density at radius 1 is 1.61 bits per heavy atom. The van der Waals surface area contributed by atoms with Crippen molar-refractivity contribution in [1.82, 2.24) is 5.32 Å². The van der Waals surface area contributed by atoms with E-state index in [0.717, 1.165) is 4.47 Å². The van der Waals surface area contributed by atoms with Crippen LogP contribution in [-0.2, 0) is 0 Å². The van der Waals surface area contributed by atoms with Gasteiger partial charge in [0.05, 0.1) is 10.6 Å². The summed E-state index contributed by atoms with van der Waals surface area (Å²) in [5, 5.41) is 13.1. The Balaban J connectivity index is 2.63. The molecule has 0 aromatic heterocycles. The molecule has 1 unspecified atom stereocenters. The Bertz CT molecular complexity index is 440. The number of aliphatic hydroxyl groups is 1. The predicted molar refractivity (Wildman–Crippen MR) is 80.5 cm³/mol. The summed E-state index contributed by atoms with van der Waals surface area (Å²) in [4.78, 5) is 11.9. The number of halogens is 2. The first kappa shape index (κ1) is 15.8. The van der Waals surface area contributed by atoms with Gasteiger partial charge in [0.2, 0.25) is 0 Å². The molecule has 1 aromatic rings. The Kier molecular flexibility index (Phi) is 5.98. The summed E-state index contributed by atoms with van der Waals surface area (Å²) < 4.78 is 0.745. The molecule has 0 aliphatic rings. The van der Waals surface area contributed by atoms with E-state index in [4.69, 9.17) is 11.6 Å². The molecule has 0 saturated carbocycles. The van der Waals surface area contributed by atoms with Crippen LogP contribution in [0.2, 0.25) is 5.02 Å². The van der Waals surface area contributed by atoms with Gasteiger partial charge in [-0.2, -0.15) is 11.8 Å². The van der Waals surface area contributed by atoms with Crippen LogP contribution in [0, 0.1) is 0 Å². The fourth-order valence-electron chi connectivity index (χ4n) is 1.37. The molecule has 0 radical (unpaired) electrons. The van der Waals surface area contributed by atoms with Crippen molar-refractivity contribution in [2.45, 2.75) is 12.5 Å². The van der Waals surface area contributed by atoms with Gasteiger partial charge in [-0.05, 0) is 47.3 Å². The van der Waals surface area contributed by atoms with Gasteiger partial charge in [0, 0.05) is 22.3 Å². The number of hydrogen-bond donors (Lipinski definition) is 2. The third kappa shape index (κ3) is 4.80. The van der Waals surface area contributed by atoms with E-state index in [9.17, 15) is 9.90 Å². The van der Waals surface area contributed by atoms with Gasteiger partial charge < -0.3 is 10.4 Å². The van der Waals surface area contributed by atoms with Gasteiger partial charge in [-0.25, -0.2) is 0 Å². The van der Waals surface area contributed by atoms with E-state index in [1.54, 1.807) is 25.1 Å². The molecule has 6 heteroatoms. The van der Waals surface area contributed by atoms with Crippen LogP contribution in [0.25, 0.3) is 0 Å². The Hall–Kier alpha value is -0.230. The minimum Gasteiger partial charge on any atom is -0.387 e. The van der Waals surface area contributed by atoms with Crippen molar-refractivity contribution in [2.24, 2.45) is 0 Å². The summed E-state index contributed by atoms with van der Waals surface area (Å²) in [7, 11) is 0. The zero-order valence-corrected chi connectivity index (χ0v) is 13.3. The maximum absolute atomic E-state index is 11.9. The minimum absolute atomic E-state index is 0.209. The zero-order valence-electron chi connectivity index (χ0n) is 10.2. The first-order chi connectivity index (χ1) is 8.35. The Morgan fingerprint density at radius 2 is 2.28 bits per heavy atom. The highest BCUT2D eigenvalue weighted by molar-refractivity contribution is 9.10. The smallest absolute Gasteiger partial charge is 0.251 e. The number of rotatable bonds is 5. The fourth-order valence-corrected chi connectivity index (χ4v) is 2.52. The molecule has 0 aliphatic carbocycles. The highest BCUT2D eigenvalue weighted by Gasteiger charge is 2.20. The predicted octanol–water partition coefficient (Wildman–Crippen LogP) is 2.95. The molecule has 2 N–H and O–H groups in total. The summed E-state index contributed by atoms with van der Waals surface area (Å²) in [5.74, 6) is 0.319. The molecule has 0 heterocycles. The molecule has 0 bridgehead atoms. The third-order valence-corrected chi connectivity index (χ3v) is 4.41. The third-order valence-electron chi connectivity index (χ3n) is 2.27. The average molecular weight is 353 g/mol. The SMILES string of the molecule is CSCC(C)(O)CNC(=O)c1ccc(Br)c(Cl)c1. The van der Waals surface area contributed by atoms with Gasteiger partial charge in [-0.15, -0.1) is 0 Å². The van der Waals surface area contributed by atoms with Crippen molar-refractivity contribution >= 4 is 45.2 Å². The van der Waals surface area contributed by atoms with Crippen molar-refractivity contribution in [1.29, 1.82) is 0 Å². The number of carbonyl (C=O) groups is 1. The van der Waals surface area contributed by atoms with Crippen molar-refractivity contribution in [2.75, 3.05) is 18.6 Å². The fraction of sp³-hybridized carbons (Fsp3) is 0.417. The highest BCUT2D eigenvalue weighted by Crippen LogP contribution is 2.23. The van der Waals surface area contributed by atoms with Crippen molar-refractivity contribution < 1.29 is 9.90 Å². The van der Waals surface area contributed by atoms with Gasteiger partial charge in [-0.1, -0.05) is 11.6 Å². The quantitative estimate of drug-likeness (QED) is 0.856. The molecule has 100 valence electrons. The van der Waals surface area contributed by atoms with Gasteiger partial charge in [0.1, 0.15) is 0 Å². The van der Waals surface area contributed by atoms with Gasteiger partial charge >= 0.3 is 0 Å². The molecular formula is C12H15BrClNO2S. The number of hydrogen-bond acceptors (Lipinski definition) is 3. The van der Waals surface area contributed by atoms with Crippen LogP contribution in [0.15, 0.2) is 22.7 Å². The van der Waals surface area contributed by atoms with Crippen LogP contribution in [0.5, 0.6) is 0 Å². The van der Waals surface area contributed by atoms with Crippen LogP contribution in [0.4, 0.5) is 0 Å². The van der Waals surface area contributed by atoms with E-state index in [0.29, 0.717) is 16.3 Å². The maximum Gasteiger partial charge on any atom is 0.251 e. The summed E-state index contributed by atoms with van der Waals surface area (Å²) in [5.41, 5.74) is -0.433. The van der Waals surface area contributed by atoms with Crippen molar-refractivity contribution in [3.63, 3.8) is 0 Å². The van der Waals surface area contributed by atoms with E-state index in [1.807, 2.05) is 6.26 Å². The van der Waals surface area contributed by atoms with Crippen LogP contribution in [-0.4, -0.2) is 35.2 Å². The maximum atomic E-state index is 11.9. The lowest BCUT2D eigenvalue weighted by molar-refractivity contribution is 0.0725. The second-order valence-electron chi connectivity index (χ2n) is 4.24. The molecule has 18 heavy (non-hydrogen) atoms. The standard InChI is InChI=1S/C12H15BrClNO2S/c1-12(17,7-18-2)6-15-11(16)8-3-4-9(13)10(14)5-8/h3-5,17H,6-7H2,1-2H3,(H,15,16). The molecule has 1 aromatic carbocycles. The molecule has 0 fully saturated rings. The lowest BCUT2D eigenvalue weighted by atomic mass is 10.1. The van der Waals surface area contributed by atoms with Gasteiger partial charge in [0.25, 0.3) is 5.91 Å². The molecule has 0 spiro atoms. The van der Waals surface area contributed by atoms with E-state index in [-0.39, 0.29) is 12.5 Å². The Labute approximate surface area is 124 Å². The molecule has 0 saturated heterocycles. The number of amides is 1. The van der Waals surface area contributed by atoms with Gasteiger partial charge in [0.15, 0.2) is 0 Å². The van der Waals surface area contributed by atoms with Crippen LogP contribution in [0.3, 0.4) is 0 Å². The van der Waals surface area contributed by atoms with Gasteiger partial charge in [-0.3, -0.25) is 4.79 Å².